The lowest BCUT2D eigenvalue weighted by Crippen LogP contribution is -2.08. The number of rotatable bonds is 6. The molecule has 3 N–H and O–H groups in total. The van der Waals surface area contributed by atoms with E-state index in [2.05, 4.69) is 39.4 Å². The first-order valence-corrected chi connectivity index (χ1v) is 6.18. The molecule has 92 valence electrons. The highest BCUT2D eigenvalue weighted by Crippen LogP contribution is 2.20. The van der Waals surface area contributed by atoms with Crippen molar-refractivity contribution in [3.05, 3.63) is 12.3 Å². The molecule has 2 rings (SSSR count). The number of aromatic amines is 1. The molecular formula is C12H19N5. The second kappa shape index (κ2) is 5.52. The van der Waals surface area contributed by atoms with E-state index in [0.29, 0.717) is 5.95 Å². The molecule has 0 fully saturated rings. The van der Waals surface area contributed by atoms with Gasteiger partial charge in [-0.3, -0.25) is 0 Å². The van der Waals surface area contributed by atoms with Crippen LogP contribution in [0.4, 0.5) is 11.8 Å². The van der Waals surface area contributed by atoms with Crippen LogP contribution in [0.15, 0.2) is 12.3 Å². The predicted octanol–water partition coefficient (Wildman–Crippen LogP) is 2.60. The average molecular weight is 233 g/mol. The molecular weight excluding hydrogens is 214 g/mol. The molecule has 17 heavy (non-hydrogen) atoms. The van der Waals surface area contributed by atoms with Crippen molar-refractivity contribution < 1.29 is 0 Å². The third kappa shape index (κ3) is 2.67. The maximum atomic E-state index is 4.49. The summed E-state index contributed by atoms with van der Waals surface area (Å²) in [4.78, 5) is 12.0. The summed E-state index contributed by atoms with van der Waals surface area (Å²) in [5.41, 5.74) is 0.872. The van der Waals surface area contributed by atoms with E-state index in [4.69, 9.17) is 0 Å². The normalized spacial score (nSPS) is 10.7. The van der Waals surface area contributed by atoms with Crippen LogP contribution in [-0.4, -0.2) is 28.0 Å². The van der Waals surface area contributed by atoms with Gasteiger partial charge in [0.15, 0.2) is 0 Å². The number of nitrogens with one attached hydrogen (secondary N) is 3. The fourth-order valence-electron chi connectivity index (χ4n) is 1.64. The minimum Gasteiger partial charge on any atom is -0.369 e. The molecule has 0 aliphatic carbocycles. The van der Waals surface area contributed by atoms with Crippen molar-refractivity contribution >= 4 is 22.8 Å². The smallest absolute Gasteiger partial charge is 0.226 e. The van der Waals surface area contributed by atoms with Gasteiger partial charge in [-0.05, 0) is 18.9 Å². The maximum Gasteiger partial charge on any atom is 0.226 e. The Kier molecular flexibility index (Phi) is 3.80. The summed E-state index contributed by atoms with van der Waals surface area (Å²) in [6.45, 7) is 6.07. The Morgan fingerprint density at radius 1 is 1.12 bits per heavy atom. The molecule has 2 heterocycles. The molecule has 0 unspecified atom stereocenters. The summed E-state index contributed by atoms with van der Waals surface area (Å²) in [5.74, 6) is 1.58. The zero-order chi connectivity index (χ0) is 12.1. The third-order valence-electron chi connectivity index (χ3n) is 2.49. The highest BCUT2D eigenvalue weighted by Gasteiger charge is 2.07. The minimum atomic E-state index is 0.681. The van der Waals surface area contributed by atoms with Crippen molar-refractivity contribution in [1.82, 2.24) is 15.0 Å². The topological polar surface area (TPSA) is 65.6 Å². The van der Waals surface area contributed by atoms with Gasteiger partial charge in [0.25, 0.3) is 0 Å². The summed E-state index contributed by atoms with van der Waals surface area (Å²) in [6.07, 6.45) is 4.03. The SMILES string of the molecule is CCCNc1nc(NCCC)c2cc[nH]c2n1. The molecule has 0 aliphatic rings. The standard InChI is InChI=1S/C12H19N5/c1-3-6-13-10-9-5-8-14-11(9)17-12(16-10)15-7-4-2/h5,8H,3-4,6-7H2,1-2H3,(H3,13,14,15,16,17). The van der Waals surface area contributed by atoms with E-state index >= 15 is 0 Å². The van der Waals surface area contributed by atoms with Gasteiger partial charge in [-0.1, -0.05) is 13.8 Å². The summed E-state index contributed by atoms with van der Waals surface area (Å²) in [5, 5.41) is 7.58. The molecule has 0 spiro atoms. The fraction of sp³-hybridized carbons (Fsp3) is 0.500. The molecule has 0 atom stereocenters. The van der Waals surface area contributed by atoms with E-state index in [1.165, 1.54) is 0 Å². The van der Waals surface area contributed by atoms with Gasteiger partial charge in [-0.15, -0.1) is 0 Å². The van der Waals surface area contributed by atoms with E-state index in [1.54, 1.807) is 0 Å². The van der Waals surface area contributed by atoms with Crippen molar-refractivity contribution in [2.24, 2.45) is 0 Å². The largest absolute Gasteiger partial charge is 0.369 e. The Labute approximate surface area is 101 Å². The summed E-state index contributed by atoms with van der Waals surface area (Å²) in [6, 6.07) is 2.00. The molecule has 2 aromatic heterocycles. The zero-order valence-electron chi connectivity index (χ0n) is 10.4. The lowest BCUT2D eigenvalue weighted by atomic mass is 10.3. The van der Waals surface area contributed by atoms with Gasteiger partial charge < -0.3 is 15.6 Å². The van der Waals surface area contributed by atoms with Gasteiger partial charge >= 0.3 is 0 Å². The van der Waals surface area contributed by atoms with Gasteiger partial charge in [0, 0.05) is 19.3 Å². The first-order valence-electron chi connectivity index (χ1n) is 6.18. The van der Waals surface area contributed by atoms with Gasteiger partial charge in [-0.25, -0.2) is 0 Å². The maximum absolute atomic E-state index is 4.49. The number of nitrogens with zero attached hydrogens (tertiary/aromatic N) is 2. The van der Waals surface area contributed by atoms with Crippen LogP contribution in [0.1, 0.15) is 26.7 Å². The lowest BCUT2D eigenvalue weighted by molar-refractivity contribution is 0.946. The quantitative estimate of drug-likeness (QED) is 0.717. The highest BCUT2D eigenvalue weighted by atomic mass is 15.2. The summed E-state index contributed by atoms with van der Waals surface area (Å²) < 4.78 is 0. The monoisotopic (exact) mass is 233 g/mol. The van der Waals surface area contributed by atoms with Gasteiger partial charge in [0.1, 0.15) is 11.5 Å². The van der Waals surface area contributed by atoms with Crippen molar-refractivity contribution in [2.45, 2.75) is 26.7 Å². The van der Waals surface area contributed by atoms with Crippen LogP contribution in [0.25, 0.3) is 11.0 Å². The molecule has 2 aromatic rings. The molecule has 0 saturated carbocycles. The number of anilines is 2. The Hall–Kier alpha value is -1.78. The highest BCUT2D eigenvalue weighted by molar-refractivity contribution is 5.88. The minimum absolute atomic E-state index is 0.681. The second-order valence-electron chi connectivity index (χ2n) is 3.99. The molecule has 0 saturated heterocycles. The van der Waals surface area contributed by atoms with E-state index in [-0.39, 0.29) is 0 Å². The number of hydrogen-bond acceptors (Lipinski definition) is 4. The molecule has 0 bridgehead atoms. The van der Waals surface area contributed by atoms with E-state index in [9.17, 15) is 0 Å². The van der Waals surface area contributed by atoms with Gasteiger partial charge in [-0.2, -0.15) is 9.97 Å². The van der Waals surface area contributed by atoms with Crippen LogP contribution in [0, 0.1) is 0 Å². The Morgan fingerprint density at radius 3 is 2.65 bits per heavy atom. The zero-order valence-corrected chi connectivity index (χ0v) is 10.4. The molecule has 5 heteroatoms. The Balaban J connectivity index is 2.29. The summed E-state index contributed by atoms with van der Waals surface area (Å²) >= 11 is 0. The molecule has 0 radical (unpaired) electrons. The lowest BCUT2D eigenvalue weighted by Gasteiger charge is -2.08. The second-order valence-corrected chi connectivity index (χ2v) is 3.99. The van der Waals surface area contributed by atoms with Crippen LogP contribution in [0.2, 0.25) is 0 Å². The first kappa shape index (κ1) is 11.7. The number of fused-ring (bicyclic) bond motifs is 1. The average Bonchev–Trinajstić information content (AvgIpc) is 2.81. The third-order valence-corrected chi connectivity index (χ3v) is 2.49. The Morgan fingerprint density at radius 2 is 1.88 bits per heavy atom. The first-order chi connectivity index (χ1) is 8.35. The number of H-pyrrole nitrogens is 1. The van der Waals surface area contributed by atoms with E-state index in [0.717, 1.165) is 42.8 Å². The van der Waals surface area contributed by atoms with Crippen LogP contribution in [0.3, 0.4) is 0 Å². The van der Waals surface area contributed by atoms with Gasteiger partial charge in [0.2, 0.25) is 5.95 Å². The molecule has 5 nitrogen and oxygen atoms in total. The number of aromatic nitrogens is 3. The fourth-order valence-corrected chi connectivity index (χ4v) is 1.64. The predicted molar refractivity (Wildman–Crippen MR) is 71.5 cm³/mol. The van der Waals surface area contributed by atoms with Crippen molar-refractivity contribution in [3.8, 4) is 0 Å². The summed E-state index contributed by atoms with van der Waals surface area (Å²) in [7, 11) is 0. The molecule has 0 amide bonds. The van der Waals surface area contributed by atoms with Crippen molar-refractivity contribution in [1.29, 1.82) is 0 Å². The van der Waals surface area contributed by atoms with E-state index in [1.807, 2.05) is 12.3 Å². The van der Waals surface area contributed by atoms with Crippen LogP contribution in [-0.2, 0) is 0 Å². The van der Waals surface area contributed by atoms with E-state index < -0.39 is 0 Å². The molecule has 0 aromatic carbocycles. The van der Waals surface area contributed by atoms with Crippen molar-refractivity contribution in [3.63, 3.8) is 0 Å². The Bertz CT molecular complexity index is 477. The number of hydrogen-bond donors (Lipinski definition) is 3. The van der Waals surface area contributed by atoms with Gasteiger partial charge in [0.05, 0.1) is 5.39 Å². The molecule has 0 aliphatic heterocycles. The van der Waals surface area contributed by atoms with Crippen LogP contribution in [0.5, 0.6) is 0 Å². The van der Waals surface area contributed by atoms with Crippen LogP contribution >= 0.6 is 0 Å². The van der Waals surface area contributed by atoms with Crippen molar-refractivity contribution in [2.75, 3.05) is 23.7 Å². The van der Waals surface area contributed by atoms with Crippen LogP contribution < -0.4 is 10.6 Å².